The Balaban J connectivity index is 2.11. The van der Waals surface area contributed by atoms with Gasteiger partial charge in [-0.2, -0.15) is 26.9 Å². The number of alkyl halides is 3. The van der Waals surface area contributed by atoms with Gasteiger partial charge < -0.3 is 4.18 Å². The zero-order valence-corrected chi connectivity index (χ0v) is 18.3. The van der Waals surface area contributed by atoms with Crippen LogP contribution in [0, 0.1) is 24.1 Å². The van der Waals surface area contributed by atoms with E-state index in [0.29, 0.717) is 5.56 Å². The van der Waals surface area contributed by atoms with E-state index in [-0.39, 0.29) is 16.7 Å². The van der Waals surface area contributed by atoms with Crippen LogP contribution in [0.5, 0.6) is 5.75 Å². The van der Waals surface area contributed by atoms with Gasteiger partial charge in [-0.25, -0.2) is 4.39 Å². The maximum absolute atomic E-state index is 15.0. The van der Waals surface area contributed by atoms with Crippen molar-refractivity contribution in [3.8, 4) is 11.8 Å². The minimum absolute atomic E-state index is 0.0914. The van der Waals surface area contributed by atoms with E-state index in [9.17, 15) is 31.2 Å². The van der Waals surface area contributed by atoms with Gasteiger partial charge in [0.05, 0.1) is 11.6 Å². The van der Waals surface area contributed by atoms with Gasteiger partial charge in [-0.3, -0.25) is 0 Å². The SMILES string of the molecule is Cc1ccccc1C1c2ccccc2C(C)c2c(OS(=O)(=O)C(F)(F)F)c(F)cc(C#N)c21. The summed E-state index contributed by atoms with van der Waals surface area (Å²) in [6, 6.07) is 17.0. The second-order valence-electron chi connectivity index (χ2n) is 7.80. The molecule has 3 aromatic rings. The predicted octanol–water partition coefficient (Wildman–Crippen LogP) is 5.88. The Bertz CT molecular complexity index is 1410. The molecule has 3 aromatic carbocycles. The molecule has 0 radical (unpaired) electrons. The lowest BCUT2D eigenvalue weighted by molar-refractivity contribution is -0.0501. The predicted molar refractivity (Wildman–Crippen MR) is 113 cm³/mol. The van der Waals surface area contributed by atoms with Crippen molar-refractivity contribution in [2.45, 2.75) is 31.2 Å². The minimum atomic E-state index is -6.14. The maximum Gasteiger partial charge on any atom is 0.534 e. The van der Waals surface area contributed by atoms with Crippen LogP contribution in [0.15, 0.2) is 54.6 Å². The molecule has 0 spiro atoms. The van der Waals surface area contributed by atoms with Crippen molar-refractivity contribution < 1.29 is 30.2 Å². The van der Waals surface area contributed by atoms with Crippen LogP contribution in [-0.4, -0.2) is 13.9 Å². The Morgan fingerprint density at radius 3 is 2.12 bits per heavy atom. The molecule has 2 unspecified atom stereocenters. The molecule has 4 nitrogen and oxygen atoms in total. The normalized spacial score (nSPS) is 17.6. The van der Waals surface area contributed by atoms with E-state index in [1.54, 1.807) is 31.2 Å². The third-order valence-corrected chi connectivity index (χ3v) is 6.86. The summed E-state index contributed by atoms with van der Waals surface area (Å²) in [5, 5.41) is 9.78. The topological polar surface area (TPSA) is 67.2 Å². The zero-order valence-electron chi connectivity index (χ0n) is 17.4. The van der Waals surface area contributed by atoms with Crippen molar-refractivity contribution in [2.75, 3.05) is 0 Å². The Morgan fingerprint density at radius 1 is 0.970 bits per heavy atom. The summed E-state index contributed by atoms with van der Waals surface area (Å²) in [7, 11) is -6.14. The minimum Gasteiger partial charge on any atom is -0.373 e. The highest BCUT2D eigenvalue weighted by Crippen LogP contribution is 2.52. The summed E-state index contributed by atoms with van der Waals surface area (Å²) in [6.45, 7) is 3.45. The van der Waals surface area contributed by atoms with Crippen molar-refractivity contribution in [3.63, 3.8) is 0 Å². The van der Waals surface area contributed by atoms with Crippen LogP contribution < -0.4 is 4.18 Å². The van der Waals surface area contributed by atoms with Gasteiger partial charge in [0, 0.05) is 17.4 Å². The van der Waals surface area contributed by atoms with E-state index in [0.717, 1.165) is 22.8 Å². The third-order valence-electron chi connectivity index (χ3n) is 5.90. The van der Waals surface area contributed by atoms with Gasteiger partial charge in [0.15, 0.2) is 11.6 Å². The van der Waals surface area contributed by atoms with E-state index < -0.39 is 39.0 Å². The average Bonchev–Trinajstić information content (AvgIpc) is 2.75. The molecule has 0 bridgehead atoms. The summed E-state index contributed by atoms with van der Waals surface area (Å²) >= 11 is 0. The number of aryl methyl sites for hydroxylation is 1. The standard InChI is InChI=1S/C24H17F4NO3S/c1-13-7-3-4-8-16(13)22-18-10-6-5-9-17(18)14(2)20-21(22)15(12-29)11-19(25)23(20)32-33(30,31)24(26,27)28/h3-11,14,22H,1-2H3. The smallest absolute Gasteiger partial charge is 0.373 e. The molecule has 170 valence electrons. The summed E-state index contributed by atoms with van der Waals surface area (Å²) in [5.41, 5.74) is -2.65. The number of fused-ring (bicyclic) bond motifs is 2. The molecular formula is C24H17F4NO3S. The Morgan fingerprint density at radius 2 is 1.55 bits per heavy atom. The molecule has 9 heteroatoms. The first-order valence-electron chi connectivity index (χ1n) is 9.89. The van der Waals surface area contributed by atoms with Gasteiger partial charge in [-0.1, -0.05) is 55.5 Å². The number of hydrogen-bond acceptors (Lipinski definition) is 4. The van der Waals surface area contributed by atoms with Crippen LogP contribution in [0.25, 0.3) is 0 Å². The molecule has 0 amide bonds. The van der Waals surface area contributed by atoms with Crippen molar-refractivity contribution in [3.05, 3.63) is 99.4 Å². The monoisotopic (exact) mass is 475 g/mol. The van der Waals surface area contributed by atoms with Crippen LogP contribution in [0.3, 0.4) is 0 Å². The van der Waals surface area contributed by atoms with Crippen LogP contribution in [0.4, 0.5) is 17.6 Å². The summed E-state index contributed by atoms with van der Waals surface area (Å²) in [6.07, 6.45) is 0. The number of halogens is 4. The fraction of sp³-hybridized carbons (Fsp3) is 0.208. The van der Waals surface area contributed by atoms with E-state index in [1.165, 1.54) is 0 Å². The first-order chi connectivity index (χ1) is 15.5. The number of hydrogen-bond donors (Lipinski definition) is 0. The lowest BCUT2D eigenvalue weighted by Gasteiger charge is -2.35. The van der Waals surface area contributed by atoms with Gasteiger partial charge in [-0.15, -0.1) is 0 Å². The van der Waals surface area contributed by atoms with Crippen molar-refractivity contribution in [1.82, 2.24) is 0 Å². The first kappa shape index (κ1) is 22.8. The van der Waals surface area contributed by atoms with Crippen molar-refractivity contribution in [2.24, 2.45) is 0 Å². The lowest BCUT2D eigenvalue weighted by atomic mass is 9.68. The van der Waals surface area contributed by atoms with Gasteiger partial charge >= 0.3 is 15.6 Å². The fourth-order valence-corrected chi connectivity index (χ4v) is 4.94. The quantitative estimate of drug-likeness (QED) is 0.270. The zero-order chi connectivity index (χ0) is 24.1. The first-order valence-corrected chi connectivity index (χ1v) is 11.3. The summed E-state index contributed by atoms with van der Waals surface area (Å²) < 4.78 is 82.2. The third kappa shape index (κ3) is 3.64. The highest BCUT2D eigenvalue weighted by Gasteiger charge is 2.50. The van der Waals surface area contributed by atoms with E-state index >= 15 is 0 Å². The van der Waals surface area contributed by atoms with Gasteiger partial charge in [0.2, 0.25) is 0 Å². The van der Waals surface area contributed by atoms with E-state index in [2.05, 4.69) is 4.18 Å². The van der Waals surface area contributed by atoms with Crippen LogP contribution >= 0.6 is 0 Å². The largest absolute Gasteiger partial charge is 0.534 e. The second kappa shape index (κ2) is 7.89. The van der Waals surface area contributed by atoms with Gasteiger partial charge in [0.1, 0.15) is 0 Å². The molecule has 1 aliphatic carbocycles. The highest BCUT2D eigenvalue weighted by molar-refractivity contribution is 7.88. The Hall–Kier alpha value is -3.38. The Labute approximate surface area is 188 Å². The highest BCUT2D eigenvalue weighted by atomic mass is 32.2. The molecule has 1 aliphatic rings. The number of rotatable bonds is 3. The average molecular weight is 475 g/mol. The summed E-state index contributed by atoms with van der Waals surface area (Å²) in [5.74, 6) is -3.77. The van der Waals surface area contributed by atoms with Crippen LogP contribution in [0.2, 0.25) is 0 Å². The molecular weight excluding hydrogens is 458 g/mol. The molecule has 0 aromatic heterocycles. The molecule has 0 saturated heterocycles. The molecule has 4 rings (SSSR count). The lowest BCUT2D eigenvalue weighted by Crippen LogP contribution is -2.30. The maximum atomic E-state index is 15.0. The summed E-state index contributed by atoms with van der Waals surface area (Å²) in [4.78, 5) is 0. The number of nitrogens with zero attached hydrogens (tertiary/aromatic N) is 1. The molecule has 33 heavy (non-hydrogen) atoms. The van der Waals surface area contributed by atoms with E-state index in [1.807, 2.05) is 37.3 Å². The molecule has 0 aliphatic heterocycles. The molecule has 0 N–H and O–H groups in total. The molecule has 2 atom stereocenters. The Kier molecular flexibility index (Phi) is 5.45. The molecule has 0 heterocycles. The van der Waals surface area contributed by atoms with Crippen LogP contribution in [-0.2, 0) is 10.1 Å². The van der Waals surface area contributed by atoms with Crippen molar-refractivity contribution >= 4 is 10.1 Å². The molecule has 0 fully saturated rings. The number of nitriles is 1. The van der Waals surface area contributed by atoms with Crippen molar-refractivity contribution in [1.29, 1.82) is 5.26 Å². The number of benzene rings is 3. The van der Waals surface area contributed by atoms with Gasteiger partial charge in [0.25, 0.3) is 0 Å². The fourth-order valence-electron chi connectivity index (χ4n) is 4.45. The molecule has 0 saturated carbocycles. The van der Waals surface area contributed by atoms with Gasteiger partial charge in [-0.05, 0) is 40.8 Å². The van der Waals surface area contributed by atoms with E-state index in [4.69, 9.17) is 0 Å². The van der Waals surface area contributed by atoms with Crippen LogP contribution in [0.1, 0.15) is 57.7 Å². The second-order valence-corrected chi connectivity index (χ2v) is 9.34.